The van der Waals surface area contributed by atoms with Crippen LogP contribution in [-0.2, 0) is 9.53 Å². The first-order chi connectivity index (χ1) is 8.15. The molecular formula is C12H21N3O2+2. The van der Waals surface area contributed by atoms with Gasteiger partial charge in [-0.2, -0.15) is 0 Å². The third-order valence-electron chi connectivity index (χ3n) is 2.68. The maximum atomic E-state index is 10.9. The highest BCUT2D eigenvalue weighted by Crippen LogP contribution is 2.12. The lowest BCUT2D eigenvalue weighted by Crippen LogP contribution is -2.33. The zero-order chi connectivity index (χ0) is 13.1. The first-order valence-electron chi connectivity index (χ1n) is 5.71. The van der Waals surface area contributed by atoms with E-state index >= 15 is 0 Å². The van der Waals surface area contributed by atoms with E-state index in [-0.39, 0.29) is 17.9 Å². The summed E-state index contributed by atoms with van der Waals surface area (Å²) in [5, 5.41) is 0. The lowest BCUT2D eigenvalue weighted by atomic mass is 9.95. The van der Waals surface area contributed by atoms with Crippen LogP contribution in [0.4, 0.5) is 0 Å². The number of hydrogen-bond acceptors (Lipinski definition) is 3. The average Bonchev–Trinajstić information content (AvgIpc) is 2.33. The fourth-order valence-corrected chi connectivity index (χ4v) is 1.59. The van der Waals surface area contributed by atoms with Gasteiger partial charge in [0.25, 0.3) is 26.2 Å². The van der Waals surface area contributed by atoms with Gasteiger partial charge in [-0.3, -0.25) is 4.79 Å². The fourth-order valence-electron chi connectivity index (χ4n) is 1.59. The van der Waals surface area contributed by atoms with E-state index in [1.165, 1.54) is 7.11 Å². The molecule has 0 heterocycles. The number of unbranched alkanes of at least 4 members (excludes halogenated alkanes) is 1. The van der Waals surface area contributed by atoms with Gasteiger partial charge in [0.15, 0.2) is 0 Å². The largest absolute Gasteiger partial charge is 0.469 e. The Morgan fingerprint density at radius 3 is 2.35 bits per heavy atom. The maximum Gasteiger partial charge on any atom is 0.305 e. The van der Waals surface area contributed by atoms with Crippen LogP contribution in [0.25, 0.3) is 9.69 Å². The van der Waals surface area contributed by atoms with Crippen LogP contribution < -0.4 is 5.73 Å². The second-order valence-corrected chi connectivity index (χ2v) is 3.98. The van der Waals surface area contributed by atoms with Gasteiger partial charge in [0, 0.05) is 12.5 Å². The summed E-state index contributed by atoms with van der Waals surface area (Å²) in [5.74, 6) is -0.118. The predicted molar refractivity (Wildman–Crippen MR) is 68.3 cm³/mol. The summed E-state index contributed by atoms with van der Waals surface area (Å²) in [6.45, 7) is 11.2. The first-order valence-corrected chi connectivity index (χ1v) is 5.71. The van der Waals surface area contributed by atoms with Gasteiger partial charge >= 0.3 is 5.97 Å². The molecule has 0 saturated carbocycles. The van der Waals surface area contributed by atoms with Gasteiger partial charge in [0.2, 0.25) is 0 Å². The molecule has 0 aromatic rings. The molecule has 5 nitrogen and oxygen atoms in total. The van der Waals surface area contributed by atoms with Crippen LogP contribution in [0.2, 0.25) is 0 Å². The molecule has 1 atom stereocenters. The second-order valence-electron chi connectivity index (χ2n) is 3.98. The van der Waals surface area contributed by atoms with E-state index in [2.05, 4.69) is 14.4 Å². The molecule has 0 fully saturated rings. The van der Waals surface area contributed by atoms with E-state index in [0.717, 1.165) is 19.3 Å². The van der Waals surface area contributed by atoms with E-state index in [1.807, 2.05) is 0 Å². The Kier molecular flexibility index (Phi) is 8.72. The Bertz CT molecular complexity index is 288. The molecule has 5 heteroatoms. The molecule has 1 unspecified atom stereocenters. The van der Waals surface area contributed by atoms with E-state index in [1.54, 1.807) is 0 Å². The van der Waals surface area contributed by atoms with Crippen molar-refractivity contribution in [3.63, 3.8) is 0 Å². The third-order valence-corrected chi connectivity index (χ3v) is 2.68. The summed E-state index contributed by atoms with van der Waals surface area (Å²) >= 11 is 0. The highest BCUT2D eigenvalue weighted by molar-refractivity contribution is 5.68. The third kappa shape index (κ3) is 7.32. The highest BCUT2D eigenvalue weighted by atomic mass is 16.5. The molecule has 17 heavy (non-hydrogen) atoms. The Morgan fingerprint density at radius 1 is 1.29 bits per heavy atom. The molecule has 2 N–H and O–H groups in total. The monoisotopic (exact) mass is 239 g/mol. The maximum absolute atomic E-state index is 10.9. The number of esters is 1. The summed E-state index contributed by atoms with van der Waals surface area (Å²) in [7, 11) is 1.38. The predicted octanol–water partition coefficient (Wildman–Crippen LogP) is 1.59. The van der Waals surface area contributed by atoms with Crippen molar-refractivity contribution >= 4 is 5.97 Å². The molecule has 0 spiro atoms. The molecule has 0 amide bonds. The zero-order valence-electron chi connectivity index (χ0n) is 10.3. The summed E-state index contributed by atoms with van der Waals surface area (Å²) < 4.78 is 4.55. The van der Waals surface area contributed by atoms with Crippen LogP contribution in [0.1, 0.15) is 25.7 Å². The van der Waals surface area contributed by atoms with Crippen molar-refractivity contribution in [3.05, 3.63) is 9.69 Å². The van der Waals surface area contributed by atoms with Crippen molar-refractivity contribution in [2.45, 2.75) is 31.7 Å². The fraction of sp³-hybridized carbons (Fsp3) is 0.750. The number of hydrogen-bond donors (Lipinski definition) is 1. The van der Waals surface area contributed by atoms with Crippen molar-refractivity contribution in [1.82, 2.24) is 0 Å². The molecule has 0 saturated heterocycles. The molecule has 0 aliphatic carbocycles. The van der Waals surface area contributed by atoms with E-state index < -0.39 is 0 Å². The van der Waals surface area contributed by atoms with Crippen LogP contribution >= 0.6 is 0 Å². The minimum atomic E-state index is -0.191. The van der Waals surface area contributed by atoms with Crippen molar-refractivity contribution in [1.29, 1.82) is 0 Å². The Labute approximate surface area is 103 Å². The summed E-state index contributed by atoms with van der Waals surface area (Å²) in [6.07, 6.45) is 2.86. The standard InChI is InChI=1S/C12H21N3O2/c1-14-8-10(9-15-2)11(13)6-4-5-7-12(16)17-3/h1-2,10-11H,4-9,13H2,3H3/q+2. The molecular weight excluding hydrogens is 218 g/mol. The van der Waals surface area contributed by atoms with E-state index in [4.69, 9.17) is 18.9 Å². The molecule has 0 radical (unpaired) electrons. The molecule has 0 aromatic carbocycles. The van der Waals surface area contributed by atoms with Crippen LogP contribution in [-0.4, -0.2) is 32.2 Å². The summed E-state index contributed by atoms with van der Waals surface area (Å²) in [6, 6.07) is -0.0488. The molecule has 0 aliphatic rings. The Hall–Kier alpha value is -1.59. The van der Waals surface area contributed by atoms with Gasteiger partial charge in [-0.05, 0) is 12.8 Å². The topological polar surface area (TPSA) is 61.0 Å². The molecule has 0 aromatic heterocycles. The van der Waals surface area contributed by atoms with Gasteiger partial charge < -0.3 is 10.5 Å². The lowest BCUT2D eigenvalue weighted by Gasteiger charge is -2.12. The normalized spacial score (nSPS) is 11.6. The van der Waals surface area contributed by atoms with Gasteiger partial charge in [-0.15, -0.1) is 0 Å². The van der Waals surface area contributed by atoms with Crippen LogP contribution in [0.15, 0.2) is 0 Å². The van der Waals surface area contributed by atoms with Gasteiger partial charge in [-0.25, -0.2) is 0 Å². The van der Waals surface area contributed by atoms with E-state index in [0.29, 0.717) is 19.5 Å². The minimum Gasteiger partial charge on any atom is -0.469 e. The number of nitrogens with two attached hydrogens (primary N) is 1. The van der Waals surface area contributed by atoms with Crippen LogP contribution in [0.3, 0.4) is 0 Å². The number of nitrogens with zero attached hydrogens (tertiary/aromatic N) is 2. The van der Waals surface area contributed by atoms with Crippen molar-refractivity contribution in [3.8, 4) is 13.1 Å². The van der Waals surface area contributed by atoms with Gasteiger partial charge in [0.05, 0.1) is 7.11 Å². The Morgan fingerprint density at radius 2 is 1.88 bits per heavy atom. The van der Waals surface area contributed by atoms with Crippen molar-refractivity contribution in [2.24, 2.45) is 11.7 Å². The number of carbonyl (C=O) groups excluding carboxylic acids is 1. The number of methoxy groups -OCH3 is 1. The first kappa shape index (κ1) is 15.4. The van der Waals surface area contributed by atoms with Gasteiger partial charge in [-0.1, -0.05) is 16.1 Å². The van der Waals surface area contributed by atoms with E-state index in [9.17, 15) is 4.79 Å². The summed E-state index contributed by atoms with van der Waals surface area (Å²) in [4.78, 5) is 18.0. The van der Waals surface area contributed by atoms with Crippen LogP contribution in [0, 0.1) is 19.1 Å². The second kappa shape index (κ2) is 9.62. The highest BCUT2D eigenvalue weighted by Gasteiger charge is 2.26. The SMILES string of the molecule is C#[N+]CC(C[N+]#C)C(N)CCCCC(=O)OC. The molecule has 94 valence electrons. The van der Waals surface area contributed by atoms with Crippen molar-refractivity contribution < 1.29 is 9.53 Å². The van der Waals surface area contributed by atoms with Gasteiger partial charge in [0.1, 0.15) is 5.92 Å². The van der Waals surface area contributed by atoms with Crippen LogP contribution in [0.5, 0.6) is 0 Å². The minimum absolute atomic E-state index is 0.0488. The average molecular weight is 239 g/mol. The Balaban J connectivity index is 3.82. The quantitative estimate of drug-likeness (QED) is 0.517. The molecule has 0 bridgehead atoms. The smallest absolute Gasteiger partial charge is 0.305 e. The molecule has 0 aliphatic heterocycles. The number of carbonyl (C=O) groups is 1. The number of ether oxygens (including phenoxy) is 1. The lowest BCUT2D eigenvalue weighted by molar-refractivity contribution is -0.140. The number of rotatable bonds is 8. The zero-order valence-corrected chi connectivity index (χ0v) is 10.3. The molecule has 0 rings (SSSR count). The van der Waals surface area contributed by atoms with Crippen molar-refractivity contribution in [2.75, 3.05) is 20.2 Å². The summed E-state index contributed by atoms with van der Waals surface area (Å²) in [5.41, 5.74) is 5.99.